The zero-order valence-electron chi connectivity index (χ0n) is 22.2. The van der Waals surface area contributed by atoms with Crippen molar-refractivity contribution in [2.45, 2.75) is 63.4 Å². The van der Waals surface area contributed by atoms with Crippen molar-refractivity contribution in [2.24, 2.45) is 5.92 Å². The zero-order valence-corrected chi connectivity index (χ0v) is 23.1. The van der Waals surface area contributed by atoms with Crippen molar-refractivity contribution in [1.82, 2.24) is 9.88 Å². The van der Waals surface area contributed by atoms with Crippen LogP contribution in [0, 0.1) is 5.92 Å². The molecule has 8 heteroatoms. The van der Waals surface area contributed by atoms with Crippen LogP contribution in [0.5, 0.6) is 0 Å². The number of benzene rings is 1. The van der Waals surface area contributed by atoms with E-state index in [1.54, 1.807) is 0 Å². The van der Waals surface area contributed by atoms with Gasteiger partial charge in [-0.15, -0.1) is 11.3 Å². The molecule has 1 fully saturated rings. The molecule has 39 heavy (non-hydrogen) atoms. The molecule has 1 aliphatic heterocycles. The lowest BCUT2D eigenvalue weighted by Gasteiger charge is -2.33. The van der Waals surface area contributed by atoms with Crippen molar-refractivity contribution in [3.63, 3.8) is 0 Å². The van der Waals surface area contributed by atoms with Gasteiger partial charge in [0.05, 0.1) is 6.10 Å². The van der Waals surface area contributed by atoms with Gasteiger partial charge >= 0.3 is 11.9 Å². The Morgan fingerprint density at radius 3 is 2.49 bits per heavy atom. The topological polar surface area (TPSA) is 111 Å². The van der Waals surface area contributed by atoms with Crippen LogP contribution in [0.15, 0.2) is 60.1 Å². The number of rotatable bonds is 8. The molecule has 2 atom stereocenters. The number of nitrogens with zero attached hydrogens (tertiary/aromatic N) is 2. The number of hydrogen-bond donors (Lipinski definition) is 3. The first-order chi connectivity index (χ1) is 18.9. The predicted octanol–water partition coefficient (Wildman–Crippen LogP) is 6.05. The van der Waals surface area contributed by atoms with Gasteiger partial charge in [0.15, 0.2) is 0 Å². The average molecular weight is 551 g/mol. The van der Waals surface area contributed by atoms with Crippen LogP contribution in [0.3, 0.4) is 0 Å². The minimum Gasteiger partial charge on any atom is -0.473 e. The Bertz CT molecular complexity index is 1240. The van der Waals surface area contributed by atoms with Crippen LogP contribution in [-0.4, -0.2) is 62.9 Å². The third kappa shape index (κ3) is 7.97. The highest BCUT2D eigenvalue weighted by Gasteiger charge is 2.30. The van der Waals surface area contributed by atoms with Crippen molar-refractivity contribution >= 4 is 38.9 Å². The van der Waals surface area contributed by atoms with Gasteiger partial charge < -0.3 is 15.3 Å². The third-order valence-corrected chi connectivity index (χ3v) is 8.87. The molecule has 2 aliphatic rings. The smallest absolute Gasteiger partial charge is 0.414 e. The van der Waals surface area contributed by atoms with E-state index < -0.39 is 11.9 Å². The molecule has 0 spiro atoms. The van der Waals surface area contributed by atoms with E-state index in [0.29, 0.717) is 5.92 Å². The van der Waals surface area contributed by atoms with Crippen LogP contribution < -0.4 is 0 Å². The van der Waals surface area contributed by atoms with Gasteiger partial charge in [0.25, 0.3) is 0 Å². The van der Waals surface area contributed by atoms with Crippen molar-refractivity contribution < 1.29 is 24.9 Å². The summed E-state index contributed by atoms with van der Waals surface area (Å²) in [5.41, 5.74) is 3.99. The molecule has 0 bridgehead atoms. The van der Waals surface area contributed by atoms with Gasteiger partial charge in [-0.05, 0) is 84.7 Å². The number of carboxylic acids is 2. The van der Waals surface area contributed by atoms with Gasteiger partial charge in [-0.25, -0.2) is 9.59 Å². The van der Waals surface area contributed by atoms with Crippen molar-refractivity contribution in [1.29, 1.82) is 0 Å². The molecule has 0 saturated heterocycles. The van der Waals surface area contributed by atoms with Crippen LogP contribution in [0.2, 0.25) is 0 Å². The summed E-state index contributed by atoms with van der Waals surface area (Å²) in [6.07, 6.45) is 13.5. The lowest BCUT2D eigenvalue weighted by Crippen LogP contribution is -2.32. The zero-order chi connectivity index (χ0) is 27.6. The molecule has 5 rings (SSSR count). The highest BCUT2D eigenvalue weighted by atomic mass is 32.1. The second-order valence-corrected chi connectivity index (χ2v) is 11.3. The molecule has 0 radical (unpaired) electrons. The van der Waals surface area contributed by atoms with Crippen molar-refractivity contribution in [3.05, 3.63) is 71.4 Å². The van der Waals surface area contributed by atoms with E-state index in [1.165, 1.54) is 53.3 Å². The molecular formula is C31H38N2O5S. The summed E-state index contributed by atoms with van der Waals surface area (Å²) >= 11 is 1.85. The summed E-state index contributed by atoms with van der Waals surface area (Å²) in [5.74, 6) is -3.06. The summed E-state index contributed by atoms with van der Waals surface area (Å²) in [4.78, 5) is 25.4. The maximum absolute atomic E-state index is 11.3. The molecule has 1 aliphatic carbocycles. The summed E-state index contributed by atoms with van der Waals surface area (Å²) in [5, 5.41) is 29.6. The van der Waals surface area contributed by atoms with Crippen molar-refractivity contribution in [2.75, 3.05) is 19.6 Å². The minimum absolute atomic E-state index is 0.154. The standard InChI is InChI=1S/C29H36N2OS.C2H2O4/c32-28(23-8-2-1-3-9-23)26(27-13-4-5-17-30-27)12-7-18-31-19-14-22(15-20-31)25-11-6-10-24-16-21-33-29(24)25;3-1(4)2(5)6/h4-6,10-11,13-14,16-17,21,23,26,28,32H,1-3,7-9,12,15,18-20H2;(H,3,4)(H,5,6). The second kappa shape index (κ2) is 14.4. The van der Waals surface area contributed by atoms with Gasteiger partial charge in [0, 0.05) is 35.6 Å². The summed E-state index contributed by atoms with van der Waals surface area (Å²) in [6, 6.07) is 15.1. The first kappa shape index (κ1) is 28.9. The van der Waals surface area contributed by atoms with E-state index in [0.717, 1.165) is 44.6 Å². The number of carboxylic acid groups (broad SMARTS) is 2. The van der Waals surface area contributed by atoms with Gasteiger partial charge in [-0.3, -0.25) is 9.88 Å². The van der Waals surface area contributed by atoms with Gasteiger partial charge in [0.2, 0.25) is 0 Å². The number of aliphatic carboxylic acids is 2. The van der Waals surface area contributed by atoms with E-state index in [-0.39, 0.29) is 12.0 Å². The molecule has 3 aromatic rings. The number of aliphatic hydroxyl groups is 1. The molecule has 1 aromatic carbocycles. The number of pyridine rings is 1. The first-order valence-corrected chi connectivity index (χ1v) is 14.7. The maximum Gasteiger partial charge on any atom is 0.414 e. The SMILES string of the molecule is O=C(O)C(=O)O.OC(C1CCCCC1)C(CCCN1CC=C(c2cccc3ccsc23)CC1)c1ccccn1. The van der Waals surface area contributed by atoms with E-state index in [1.807, 2.05) is 23.6 Å². The van der Waals surface area contributed by atoms with Crippen LogP contribution in [-0.2, 0) is 9.59 Å². The summed E-state index contributed by atoms with van der Waals surface area (Å²) < 4.78 is 1.42. The summed E-state index contributed by atoms with van der Waals surface area (Å²) in [6.45, 7) is 3.23. The number of thiophene rings is 1. The van der Waals surface area contributed by atoms with E-state index in [4.69, 9.17) is 19.8 Å². The van der Waals surface area contributed by atoms with Gasteiger partial charge in [-0.1, -0.05) is 49.6 Å². The average Bonchev–Trinajstić information content (AvgIpc) is 3.46. The highest BCUT2D eigenvalue weighted by Crippen LogP contribution is 2.36. The van der Waals surface area contributed by atoms with Crippen LogP contribution in [0.25, 0.3) is 15.7 Å². The highest BCUT2D eigenvalue weighted by molar-refractivity contribution is 7.17. The number of aromatic nitrogens is 1. The quantitative estimate of drug-likeness (QED) is 0.293. The third-order valence-electron chi connectivity index (χ3n) is 7.90. The molecule has 7 nitrogen and oxygen atoms in total. The fraction of sp³-hybridized carbons (Fsp3) is 0.452. The molecule has 208 valence electrons. The molecule has 2 aromatic heterocycles. The Labute approximate surface area is 233 Å². The van der Waals surface area contributed by atoms with Gasteiger partial charge in [-0.2, -0.15) is 0 Å². The molecule has 0 amide bonds. The Balaban J connectivity index is 0.000000531. The first-order valence-electron chi connectivity index (χ1n) is 13.9. The van der Waals surface area contributed by atoms with Crippen LogP contribution >= 0.6 is 11.3 Å². The lowest BCUT2D eigenvalue weighted by molar-refractivity contribution is -0.159. The molecular weight excluding hydrogens is 512 g/mol. The monoisotopic (exact) mass is 550 g/mol. The largest absolute Gasteiger partial charge is 0.473 e. The van der Waals surface area contributed by atoms with E-state index in [2.05, 4.69) is 57.7 Å². The maximum atomic E-state index is 11.3. The number of fused-ring (bicyclic) bond motifs is 1. The second-order valence-electron chi connectivity index (χ2n) is 10.4. The number of hydrogen-bond acceptors (Lipinski definition) is 6. The molecule has 3 heterocycles. The fourth-order valence-corrected chi connectivity index (χ4v) is 6.78. The lowest BCUT2D eigenvalue weighted by atomic mass is 9.78. The fourth-order valence-electron chi connectivity index (χ4n) is 5.83. The Hall–Kier alpha value is -3.07. The summed E-state index contributed by atoms with van der Waals surface area (Å²) in [7, 11) is 0. The predicted molar refractivity (Wildman–Crippen MR) is 155 cm³/mol. The Morgan fingerprint density at radius 2 is 1.82 bits per heavy atom. The molecule has 1 saturated carbocycles. The normalized spacial score (nSPS) is 18.0. The molecule has 3 N–H and O–H groups in total. The number of carbonyl (C=O) groups is 2. The minimum atomic E-state index is -1.82. The number of aliphatic hydroxyl groups excluding tert-OH is 1. The van der Waals surface area contributed by atoms with E-state index >= 15 is 0 Å². The Morgan fingerprint density at radius 1 is 1.03 bits per heavy atom. The van der Waals surface area contributed by atoms with Crippen LogP contribution in [0.1, 0.15) is 68.5 Å². The van der Waals surface area contributed by atoms with Crippen molar-refractivity contribution in [3.8, 4) is 0 Å². The molecule has 2 unspecified atom stereocenters. The Kier molecular flexibility index (Phi) is 10.6. The van der Waals surface area contributed by atoms with E-state index in [9.17, 15) is 5.11 Å². The van der Waals surface area contributed by atoms with Gasteiger partial charge in [0.1, 0.15) is 0 Å². The van der Waals surface area contributed by atoms with Crippen LogP contribution in [0.4, 0.5) is 0 Å².